The van der Waals surface area contributed by atoms with E-state index in [9.17, 15) is 5.26 Å². The number of ether oxygens (including phenoxy) is 1. The highest BCUT2D eigenvalue weighted by atomic mass is 16.5. The summed E-state index contributed by atoms with van der Waals surface area (Å²) in [5, 5.41) is 9.38. The normalized spacial score (nSPS) is 16.6. The lowest BCUT2D eigenvalue weighted by atomic mass is 9.63. The lowest BCUT2D eigenvalue weighted by molar-refractivity contribution is 0.384. The Hall–Kier alpha value is -7.42. The Bertz CT molecular complexity index is 2900. The minimum absolute atomic E-state index is 0.0188. The third-order valence-corrected chi connectivity index (χ3v) is 12.0. The molecule has 274 valence electrons. The number of nitriles is 1. The quantitative estimate of drug-likeness (QED) is 0.175. The van der Waals surface area contributed by atoms with E-state index in [1.54, 1.807) is 0 Å². The molecule has 7 aromatic rings. The zero-order valence-electron chi connectivity index (χ0n) is 31.6. The summed E-state index contributed by atoms with van der Waals surface area (Å²) in [6.07, 6.45) is 15.9. The van der Waals surface area contributed by atoms with E-state index in [-0.39, 0.29) is 5.92 Å². The van der Waals surface area contributed by atoms with Gasteiger partial charge in [0, 0.05) is 28.2 Å². The lowest BCUT2D eigenvalue weighted by Gasteiger charge is -2.42. The number of hydrogen-bond acceptors (Lipinski definition) is 5. The molecule has 5 nitrogen and oxygen atoms in total. The zero-order chi connectivity index (χ0) is 38.6. The molecule has 0 saturated heterocycles. The summed E-state index contributed by atoms with van der Waals surface area (Å²) in [7, 11) is 0. The Balaban J connectivity index is 1.20. The smallest absolute Gasteiger partial charge is 0.164 e. The molecule has 0 saturated carbocycles. The van der Waals surface area contributed by atoms with Crippen molar-refractivity contribution in [2.75, 3.05) is 0 Å². The lowest BCUT2D eigenvalue weighted by Crippen LogP contribution is -2.36. The van der Waals surface area contributed by atoms with Gasteiger partial charge in [-0.3, -0.25) is 0 Å². The monoisotopic (exact) mass is 744 g/mol. The Kier molecular flexibility index (Phi) is 7.97. The molecule has 0 bridgehead atoms. The highest BCUT2D eigenvalue weighted by Crippen LogP contribution is 2.63. The maximum Gasteiger partial charge on any atom is 0.164 e. The van der Waals surface area contributed by atoms with Crippen LogP contribution >= 0.6 is 0 Å². The van der Waals surface area contributed by atoms with Crippen molar-refractivity contribution in [3.05, 3.63) is 215 Å². The molecular formula is C53H36N4O. The molecule has 3 aliphatic carbocycles. The molecule has 1 atom stereocenters. The van der Waals surface area contributed by atoms with Gasteiger partial charge in [0.05, 0.1) is 17.0 Å². The van der Waals surface area contributed by atoms with Crippen molar-refractivity contribution < 1.29 is 4.74 Å². The summed E-state index contributed by atoms with van der Waals surface area (Å²) in [6.45, 7) is 0. The predicted molar refractivity (Wildman–Crippen MR) is 230 cm³/mol. The Morgan fingerprint density at radius 3 is 1.93 bits per heavy atom. The van der Waals surface area contributed by atoms with Crippen LogP contribution in [0.1, 0.15) is 53.3 Å². The Labute approximate surface area is 337 Å². The van der Waals surface area contributed by atoms with Crippen LogP contribution in [0, 0.1) is 11.3 Å². The highest BCUT2D eigenvalue weighted by Gasteiger charge is 2.53. The van der Waals surface area contributed by atoms with Crippen LogP contribution in [-0.4, -0.2) is 15.0 Å². The van der Waals surface area contributed by atoms with Crippen molar-refractivity contribution in [2.24, 2.45) is 0 Å². The second-order valence-corrected chi connectivity index (χ2v) is 15.2. The average Bonchev–Trinajstić information content (AvgIpc) is 3.60. The molecule has 1 aliphatic heterocycles. The van der Waals surface area contributed by atoms with E-state index in [0.717, 1.165) is 75.5 Å². The minimum atomic E-state index is -0.602. The number of rotatable bonds is 5. The van der Waals surface area contributed by atoms with Gasteiger partial charge >= 0.3 is 0 Å². The number of benzene rings is 6. The second kappa shape index (κ2) is 13.7. The third kappa shape index (κ3) is 5.33. The van der Waals surface area contributed by atoms with E-state index in [4.69, 9.17) is 19.7 Å². The number of fused-ring (bicyclic) bond motifs is 9. The van der Waals surface area contributed by atoms with Gasteiger partial charge in [-0.15, -0.1) is 0 Å². The largest absolute Gasteiger partial charge is 0.457 e. The van der Waals surface area contributed by atoms with Crippen LogP contribution in [0.2, 0.25) is 0 Å². The highest BCUT2D eigenvalue weighted by molar-refractivity contribution is 5.92. The van der Waals surface area contributed by atoms with Crippen LogP contribution in [0.15, 0.2) is 187 Å². The average molecular weight is 745 g/mol. The Morgan fingerprint density at radius 1 is 0.569 bits per heavy atom. The van der Waals surface area contributed by atoms with Crippen LogP contribution < -0.4 is 4.74 Å². The zero-order valence-corrected chi connectivity index (χ0v) is 31.6. The van der Waals surface area contributed by atoms with Gasteiger partial charge in [0.25, 0.3) is 0 Å². The van der Waals surface area contributed by atoms with Gasteiger partial charge < -0.3 is 4.74 Å². The number of aromatic nitrogens is 3. The van der Waals surface area contributed by atoms with Crippen LogP contribution in [0.5, 0.6) is 5.75 Å². The van der Waals surface area contributed by atoms with E-state index in [2.05, 4.69) is 140 Å². The fourth-order valence-electron chi connectivity index (χ4n) is 9.29. The van der Waals surface area contributed by atoms with Gasteiger partial charge in [-0.1, -0.05) is 146 Å². The molecule has 5 heteroatoms. The molecule has 4 aliphatic rings. The standard InChI is InChI=1S/C53H36N4O/c54-33-34-23-25-35(26-24-34)36-27-29-37(30-28-36)42-32-49-47(31-43(42)52-56-50(38-13-3-1-4-14-38)55-51(57-52)39-15-5-2-6-16-39)53(46-21-11-12-22-48(46)58-49)44-19-9-7-17-40(44)41-18-8-10-20-45(41)53/h1-10,13-15,17-32,39H,11-12,16H2. The Morgan fingerprint density at radius 2 is 1.22 bits per heavy atom. The molecule has 1 aromatic heterocycles. The minimum Gasteiger partial charge on any atom is -0.457 e. The fourth-order valence-corrected chi connectivity index (χ4v) is 9.29. The van der Waals surface area contributed by atoms with Gasteiger partial charge in [0.1, 0.15) is 17.3 Å². The van der Waals surface area contributed by atoms with Crippen molar-refractivity contribution in [3.8, 4) is 68.0 Å². The summed E-state index contributed by atoms with van der Waals surface area (Å²) >= 11 is 0. The number of nitrogens with zero attached hydrogens (tertiary/aromatic N) is 4. The molecule has 6 aromatic carbocycles. The molecule has 0 fully saturated rings. The van der Waals surface area contributed by atoms with Crippen LogP contribution in [-0.2, 0) is 5.41 Å². The molecule has 58 heavy (non-hydrogen) atoms. The summed E-state index contributed by atoms with van der Waals surface area (Å²) in [5.74, 6) is 3.77. The summed E-state index contributed by atoms with van der Waals surface area (Å²) in [5.41, 5.74) is 13.3. The molecule has 11 rings (SSSR count). The van der Waals surface area contributed by atoms with Crippen LogP contribution in [0.25, 0.3) is 56.2 Å². The van der Waals surface area contributed by atoms with E-state index in [1.807, 2.05) is 42.5 Å². The van der Waals surface area contributed by atoms with Crippen molar-refractivity contribution >= 4 is 0 Å². The molecule has 0 radical (unpaired) electrons. The van der Waals surface area contributed by atoms with E-state index in [0.29, 0.717) is 17.2 Å². The van der Waals surface area contributed by atoms with Gasteiger partial charge in [-0.05, 0) is 94.1 Å². The van der Waals surface area contributed by atoms with Gasteiger partial charge in [-0.25, -0.2) is 15.0 Å². The first kappa shape index (κ1) is 33.9. The third-order valence-electron chi connectivity index (χ3n) is 12.0. The first-order valence-electron chi connectivity index (χ1n) is 19.9. The summed E-state index contributed by atoms with van der Waals surface area (Å²) in [4.78, 5) is 15.8. The first-order chi connectivity index (χ1) is 28.7. The van der Waals surface area contributed by atoms with Crippen molar-refractivity contribution in [1.29, 1.82) is 5.26 Å². The summed E-state index contributed by atoms with van der Waals surface area (Å²) in [6, 6.07) is 51.0. The van der Waals surface area contributed by atoms with Gasteiger partial charge in [0.2, 0.25) is 0 Å². The van der Waals surface area contributed by atoms with E-state index in [1.165, 1.54) is 27.8 Å². The van der Waals surface area contributed by atoms with E-state index >= 15 is 0 Å². The molecule has 1 unspecified atom stereocenters. The maximum atomic E-state index is 9.38. The topological polar surface area (TPSA) is 71.7 Å². The van der Waals surface area contributed by atoms with E-state index < -0.39 is 5.41 Å². The van der Waals surface area contributed by atoms with Crippen molar-refractivity contribution in [2.45, 2.75) is 30.6 Å². The van der Waals surface area contributed by atoms with Crippen molar-refractivity contribution in [3.63, 3.8) is 0 Å². The second-order valence-electron chi connectivity index (χ2n) is 15.2. The van der Waals surface area contributed by atoms with Gasteiger partial charge in [-0.2, -0.15) is 5.26 Å². The SMILES string of the molecule is N#Cc1ccc(-c2ccc(-c3cc4c(cc3-c3nc(-c5ccccc5)nc(C5C=CC=CC5)n3)C3(C5=CCCC=C5O4)c4ccccc4-c4ccccc43)cc2)cc1. The molecular weight excluding hydrogens is 709 g/mol. The van der Waals surface area contributed by atoms with Crippen LogP contribution in [0.3, 0.4) is 0 Å². The molecule has 2 heterocycles. The summed E-state index contributed by atoms with van der Waals surface area (Å²) < 4.78 is 7.03. The fraction of sp³-hybridized carbons (Fsp3) is 0.0943. The van der Waals surface area contributed by atoms with Gasteiger partial charge in [0.15, 0.2) is 11.6 Å². The number of hydrogen-bond donors (Lipinski definition) is 0. The molecule has 1 spiro atoms. The first-order valence-corrected chi connectivity index (χ1v) is 19.9. The predicted octanol–water partition coefficient (Wildman–Crippen LogP) is 12.3. The van der Waals surface area contributed by atoms with Crippen LogP contribution in [0.4, 0.5) is 0 Å². The number of allylic oxidation sites excluding steroid dienone is 7. The molecule has 0 N–H and O–H groups in total. The molecule has 0 amide bonds. The maximum absolute atomic E-state index is 9.38. The van der Waals surface area contributed by atoms with Crippen molar-refractivity contribution in [1.82, 2.24) is 15.0 Å².